The Morgan fingerprint density at radius 1 is 1.15 bits per heavy atom. The molecule has 0 radical (unpaired) electrons. The first-order valence-corrected chi connectivity index (χ1v) is 10.4. The SMILES string of the molecule is CCCCC(CC)C(=O)N(Cc1ccc2c(c1)OCO2)C1CCCCC1. The molecule has 0 saturated heterocycles. The first-order chi connectivity index (χ1) is 12.7. The summed E-state index contributed by atoms with van der Waals surface area (Å²) in [4.78, 5) is 15.6. The minimum atomic E-state index is 0.158. The number of nitrogens with zero attached hydrogens (tertiary/aromatic N) is 1. The molecule has 1 amide bonds. The van der Waals surface area contributed by atoms with Gasteiger partial charge in [0.05, 0.1) is 0 Å². The third-order valence-electron chi connectivity index (χ3n) is 5.84. The zero-order valence-corrected chi connectivity index (χ0v) is 16.3. The maximum Gasteiger partial charge on any atom is 0.231 e. The number of ether oxygens (including phenoxy) is 2. The van der Waals surface area contributed by atoms with Crippen LogP contribution in [0.3, 0.4) is 0 Å². The van der Waals surface area contributed by atoms with E-state index in [0.717, 1.165) is 55.6 Å². The summed E-state index contributed by atoms with van der Waals surface area (Å²) in [7, 11) is 0. The fourth-order valence-electron chi connectivity index (χ4n) is 4.20. The third-order valence-corrected chi connectivity index (χ3v) is 5.84. The van der Waals surface area contributed by atoms with E-state index in [1.54, 1.807) is 0 Å². The Labute approximate surface area is 157 Å². The standard InChI is InChI=1S/C22H33NO3/c1-3-5-9-18(4-2)22(24)23(19-10-7-6-8-11-19)15-17-12-13-20-21(14-17)26-16-25-20/h12-14,18-19H,3-11,15-16H2,1-2H3. The van der Waals surface area contributed by atoms with Gasteiger partial charge in [-0.15, -0.1) is 0 Å². The van der Waals surface area contributed by atoms with Crippen molar-refractivity contribution in [2.75, 3.05) is 6.79 Å². The van der Waals surface area contributed by atoms with E-state index in [0.29, 0.717) is 25.3 Å². The molecule has 2 aliphatic rings. The van der Waals surface area contributed by atoms with E-state index in [1.165, 1.54) is 19.3 Å². The molecule has 1 aliphatic heterocycles. The van der Waals surface area contributed by atoms with Gasteiger partial charge in [-0.2, -0.15) is 0 Å². The highest BCUT2D eigenvalue weighted by atomic mass is 16.7. The van der Waals surface area contributed by atoms with Gasteiger partial charge in [0.1, 0.15) is 0 Å². The molecule has 144 valence electrons. The van der Waals surface area contributed by atoms with Crippen molar-refractivity contribution in [3.05, 3.63) is 23.8 Å². The van der Waals surface area contributed by atoms with Gasteiger partial charge in [-0.05, 0) is 43.4 Å². The first-order valence-electron chi connectivity index (χ1n) is 10.4. The van der Waals surface area contributed by atoms with Crippen LogP contribution >= 0.6 is 0 Å². The lowest BCUT2D eigenvalue weighted by molar-refractivity contribution is -0.139. The zero-order chi connectivity index (χ0) is 18.4. The number of carbonyl (C=O) groups is 1. The Balaban J connectivity index is 1.77. The number of benzene rings is 1. The molecule has 1 aromatic carbocycles. The predicted octanol–water partition coefficient (Wildman–Crippen LogP) is 5.29. The molecular formula is C22H33NO3. The average molecular weight is 360 g/mol. The Bertz CT molecular complexity index is 595. The maximum absolute atomic E-state index is 13.4. The van der Waals surface area contributed by atoms with Crippen molar-refractivity contribution in [3.63, 3.8) is 0 Å². The summed E-state index contributed by atoms with van der Waals surface area (Å²) in [5.74, 6) is 2.12. The van der Waals surface area contributed by atoms with Crippen molar-refractivity contribution in [2.45, 2.75) is 84.2 Å². The van der Waals surface area contributed by atoms with Crippen LogP contribution in [0, 0.1) is 5.92 Å². The van der Waals surface area contributed by atoms with Crippen molar-refractivity contribution in [2.24, 2.45) is 5.92 Å². The number of unbranched alkanes of at least 4 members (excludes halogenated alkanes) is 1. The van der Waals surface area contributed by atoms with Gasteiger partial charge in [-0.3, -0.25) is 4.79 Å². The van der Waals surface area contributed by atoms with E-state index >= 15 is 0 Å². The van der Waals surface area contributed by atoms with Crippen molar-refractivity contribution < 1.29 is 14.3 Å². The number of amides is 1. The van der Waals surface area contributed by atoms with E-state index in [4.69, 9.17) is 9.47 Å². The van der Waals surface area contributed by atoms with E-state index in [-0.39, 0.29) is 5.92 Å². The molecule has 3 rings (SSSR count). The zero-order valence-electron chi connectivity index (χ0n) is 16.3. The molecule has 4 nitrogen and oxygen atoms in total. The Morgan fingerprint density at radius 2 is 1.92 bits per heavy atom. The molecule has 0 N–H and O–H groups in total. The number of carbonyl (C=O) groups excluding carboxylic acids is 1. The maximum atomic E-state index is 13.4. The summed E-state index contributed by atoms with van der Waals surface area (Å²) in [5.41, 5.74) is 1.14. The lowest BCUT2D eigenvalue weighted by atomic mass is 9.91. The molecular weight excluding hydrogens is 326 g/mol. The van der Waals surface area contributed by atoms with Crippen molar-refractivity contribution in [3.8, 4) is 11.5 Å². The van der Waals surface area contributed by atoms with Gasteiger partial charge in [0.2, 0.25) is 12.7 Å². The summed E-state index contributed by atoms with van der Waals surface area (Å²) in [6, 6.07) is 6.47. The van der Waals surface area contributed by atoms with Gasteiger partial charge < -0.3 is 14.4 Å². The summed E-state index contributed by atoms with van der Waals surface area (Å²) in [6.07, 6.45) is 10.3. The fraction of sp³-hybridized carbons (Fsp3) is 0.682. The van der Waals surface area contributed by atoms with Crippen LogP contribution in [0.15, 0.2) is 18.2 Å². The van der Waals surface area contributed by atoms with E-state index in [1.807, 2.05) is 12.1 Å². The molecule has 1 unspecified atom stereocenters. The van der Waals surface area contributed by atoms with E-state index in [2.05, 4.69) is 24.8 Å². The number of hydrogen-bond donors (Lipinski definition) is 0. The topological polar surface area (TPSA) is 38.8 Å². The van der Waals surface area contributed by atoms with Gasteiger partial charge in [0.15, 0.2) is 11.5 Å². The second-order valence-electron chi connectivity index (χ2n) is 7.69. The van der Waals surface area contributed by atoms with Crippen LogP contribution in [0.25, 0.3) is 0 Å². The van der Waals surface area contributed by atoms with Crippen molar-refractivity contribution in [1.82, 2.24) is 4.90 Å². The number of rotatable bonds is 8. The van der Waals surface area contributed by atoms with Gasteiger partial charge in [-0.25, -0.2) is 0 Å². The Morgan fingerprint density at radius 3 is 2.65 bits per heavy atom. The molecule has 26 heavy (non-hydrogen) atoms. The van der Waals surface area contributed by atoms with Crippen LogP contribution in [0.1, 0.15) is 77.2 Å². The molecule has 1 fully saturated rings. The number of hydrogen-bond acceptors (Lipinski definition) is 3. The molecule has 1 saturated carbocycles. The van der Waals surface area contributed by atoms with Crippen LogP contribution in [0.5, 0.6) is 11.5 Å². The highest BCUT2D eigenvalue weighted by molar-refractivity contribution is 5.79. The molecule has 1 aromatic rings. The molecule has 1 heterocycles. The van der Waals surface area contributed by atoms with E-state index in [9.17, 15) is 4.79 Å². The largest absolute Gasteiger partial charge is 0.454 e. The van der Waals surface area contributed by atoms with E-state index < -0.39 is 0 Å². The van der Waals surface area contributed by atoms with Crippen LogP contribution in [0.2, 0.25) is 0 Å². The molecule has 1 aliphatic carbocycles. The first kappa shape index (κ1) is 19.1. The predicted molar refractivity (Wildman–Crippen MR) is 103 cm³/mol. The Hall–Kier alpha value is -1.71. The third kappa shape index (κ3) is 4.52. The summed E-state index contributed by atoms with van der Waals surface area (Å²) >= 11 is 0. The quantitative estimate of drug-likeness (QED) is 0.633. The smallest absolute Gasteiger partial charge is 0.231 e. The summed E-state index contributed by atoms with van der Waals surface area (Å²) < 4.78 is 10.9. The minimum absolute atomic E-state index is 0.158. The second kappa shape index (κ2) is 9.29. The van der Waals surface area contributed by atoms with Crippen molar-refractivity contribution in [1.29, 1.82) is 0 Å². The normalized spacial score (nSPS) is 17.9. The molecule has 0 bridgehead atoms. The van der Waals surface area contributed by atoms with Crippen LogP contribution < -0.4 is 9.47 Å². The summed E-state index contributed by atoms with van der Waals surface area (Å²) in [6.45, 7) is 5.32. The molecule has 0 spiro atoms. The highest BCUT2D eigenvalue weighted by Gasteiger charge is 2.30. The van der Waals surface area contributed by atoms with Gasteiger partial charge in [0, 0.05) is 18.5 Å². The molecule has 1 atom stereocenters. The van der Waals surface area contributed by atoms with Gasteiger partial charge >= 0.3 is 0 Å². The van der Waals surface area contributed by atoms with Crippen LogP contribution in [-0.2, 0) is 11.3 Å². The lowest BCUT2D eigenvalue weighted by Crippen LogP contribution is -2.44. The Kier molecular flexibility index (Phi) is 6.81. The van der Waals surface area contributed by atoms with Crippen LogP contribution in [0.4, 0.5) is 0 Å². The molecule has 4 heteroatoms. The monoisotopic (exact) mass is 359 g/mol. The minimum Gasteiger partial charge on any atom is -0.454 e. The van der Waals surface area contributed by atoms with Gasteiger partial charge in [-0.1, -0.05) is 52.0 Å². The van der Waals surface area contributed by atoms with Gasteiger partial charge in [0.25, 0.3) is 0 Å². The highest BCUT2D eigenvalue weighted by Crippen LogP contribution is 2.34. The second-order valence-corrected chi connectivity index (χ2v) is 7.69. The molecule has 0 aromatic heterocycles. The average Bonchev–Trinajstić information content (AvgIpc) is 3.15. The van der Waals surface area contributed by atoms with Crippen LogP contribution in [-0.4, -0.2) is 23.6 Å². The van der Waals surface area contributed by atoms with Crippen molar-refractivity contribution >= 4 is 5.91 Å². The number of fused-ring (bicyclic) bond motifs is 1. The fourth-order valence-corrected chi connectivity index (χ4v) is 4.20. The summed E-state index contributed by atoms with van der Waals surface area (Å²) in [5, 5.41) is 0. The lowest BCUT2D eigenvalue weighted by Gasteiger charge is -2.36.